The Morgan fingerprint density at radius 3 is 2.50 bits per heavy atom. The standard InChI is InChI=1S/C15H17ClO4/c1-3-19-13(17)11-9-15(11,14(18)20-4-2)10-7-5-6-8-12(10)16/h5-8,11H,3-4,9H2,1-2H3/t11-,15-/m1/s1. The van der Waals surface area contributed by atoms with Gasteiger partial charge in [0.1, 0.15) is 5.41 Å². The number of benzene rings is 1. The molecule has 0 aliphatic heterocycles. The van der Waals surface area contributed by atoms with Gasteiger partial charge in [-0.15, -0.1) is 0 Å². The molecule has 5 heteroatoms. The van der Waals surface area contributed by atoms with Crippen molar-refractivity contribution in [3.8, 4) is 0 Å². The number of carbonyl (C=O) groups excluding carboxylic acids is 2. The first-order chi connectivity index (χ1) is 9.57. The number of halogens is 1. The molecule has 0 spiro atoms. The van der Waals surface area contributed by atoms with E-state index in [9.17, 15) is 9.59 Å². The van der Waals surface area contributed by atoms with Crippen molar-refractivity contribution < 1.29 is 19.1 Å². The Bertz CT molecular complexity index is 528. The van der Waals surface area contributed by atoms with E-state index in [1.165, 1.54) is 0 Å². The zero-order chi connectivity index (χ0) is 14.8. The van der Waals surface area contributed by atoms with Gasteiger partial charge in [-0.25, -0.2) is 0 Å². The lowest BCUT2D eigenvalue weighted by Crippen LogP contribution is -2.29. The van der Waals surface area contributed by atoms with Crippen LogP contribution < -0.4 is 0 Å². The summed E-state index contributed by atoms with van der Waals surface area (Å²) in [5.74, 6) is -1.30. The summed E-state index contributed by atoms with van der Waals surface area (Å²) in [5, 5.41) is 0.465. The lowest BCUT2D eigenvalue weighted by molar-refractivity contribution is -0.152. The van der Waals surface area contributed by atoms with Crippen LogP contribution in [0.1, 0.15) is 25.8 Å². The van der Waals surface area contributed by atoms with Gasteiger partial charge in [-0.1, -0.05) is 29.8 Å². The summed E-state index contributed by atoms with van der Waals surface area (Å²) < 4.78 is 10.2. The molecule has 108 valence electrons. The third kappa shape index (κ3) is 2.40. The number of rotatable bonds is 5. The van der Waals surface area contributed by atoms with Crippen molar-refractivity contribution in [1.29, 1.82) is 0 Å². The lowest BCUT2D eigenvalue weighted by Gasteiger charge is -2.17. The van der Waals surface area contributed by atoms with Crippen LogP contribution in [-0.2, 0) is 24.5 Å². The summed E-state index contributed by atoms with van der Waals surface area (Å²) >= 11 is 6.18. The van der Waals surface area contributed by atoms with Crippen LogP contribution in [0, 0.1) is 5.92 Å². The van der Waals surface area contributed by atoms with E-state index in [1.807, 2.05) is 0 Å². The quantitative estimate of drug-likeness (QED) is 0.784. The molecule has 2 atom stereocenters. The van der Waals surface area contributed by atoms with Crippen molar-refractivity contribution >= 4 is 23.5 Å². The molecule has 20 heavy (non-hydrogen) atoms. The number of hydrogen-bond donors (Lipinski definition) is 0. The molecule has 1 fully saturated rings. The Hall–Kier alpha value is -1.55. The Morgan fingerprint density at radius 2 is 1.90 bits per heavy atom. The van der Waals surface area contributed by atoms with E-state index in [1.54, 1.807) is 38.1 Å². The van der Waals surface area contributed by atoms with Crippen LogP contribution in [-0.4, -0.2) is 25.2 Å². The second kappa shape index (κ2) is 5.83. The van der Waals surface area contributed by atoms with Gasteiger partial charge in [-0.05, 0) is 31.9 Å². The van der Waals surface area contributed by atoms with Crippen LogP contribution >= 0.6 is 11.6 Å². The van der Waals surface area contributed by atoms with Crippen LogP contribution in [0.5, 0.6) is 0 Å². The average Bonchev–Trinajstić information content (AvgIpc) is 3.16. The van der Waals surface area contributed by atoms with Gasteiger partial charge in [0.05, 0.1) is 19.1 Å². The fourth-order valence-electron chi connectivity index (χ4n) is 2.51. The van der Waals surface area contributed by atoms with E-state index < -0.39 is 17.3 Å². The largest absolute Gasteiger partial charge is 0.466 e. The van der Waals surface area contributed by atoms with Gasteiger partial charge in [0.25, 0.3) is 0 Å². The fraction of sp³-hybridized carbons (Fsp3) is 0.467. The lowest BCUT2D eigenvalue weighted by atomic mass is 9.93. The van der Waals surface area contributed by atoms with Gasteiger partial charge in [0, 0.05) is 5.02 Å². The van der Waals surface area contributed by atoms with E-state index >= 15 is 0 Å². The predicted molar refractivity (Wildman–Crippen MR) is 74.5 cm³/mol. The van der Waals surface area contributed by atoms with Gasteiger partial charge in [-0.3, -0.25) is 9.59 Å². The van der Waals surface area contributed by atoms with Crippen molar-refractivity contribution in [2.75, 3.05) is 13.2 Å². The molecule has 4 nitrogen and oxygen atoms in total. The molecule has 1 aliphatic rings. The molecule has 0 unspecified atom stereocenters. The second-order valence-corrected chi connectivity index (χ2v) is 5.09. The Balaban J connectivity index is 2.36. The fourth-order valence-corrected chi connectivity index (χ4v) is 2.81. The van der Waals surface area contributed by atoms with Crippen molar-refractivity contribution in [3.05, 3.63) is 34.9 Å². The molecule has 0 saturated heterocycles. The number of esters is 2. The van der Waals surface area contributed by atoms with E-state index in [0.29, 0.717) is 17.0 Å². The molecule has 1 saturated carbocycles. The minimum atomic E-state index is -0.986. The first-order valence-corrected chi connectivity index (χ1v) is 7.04. The van der Waals surface area contributed by atoms with E-state index in [2.05, 4.69) is 0 Å². The molecule has 1 aromatic rings. The van der Waals surface area contributed by atoms with E-state index in [-0.39, 0.29) is 19.2 Å². The third-order valence-electron chi connectivity index (χ3n) is 3.53. The highest BCUT2D eigenvalue weighted by atomic mass is 35.5. The van der Waals surface area contributed by atoms with Gasteiger partial charge in [-0.2, -0.15) is 0 Å². The predicted octanol–water partition coefficient (Wildman–Crippen LogP) is 2.72. The highest BCUT2D eigenvalue weighted by Gasteiger charge is 2.67. The summed E-state index contributed by atoms with van der Waals surface area (Å²) in [4.78, 5) is 24.3. The molecule has 2 rings (SSSR count). The highest BCUT2D eigenvalue weighted by Crippen LogP contribution is 2.57. The Morgan fingerprint density at radius 1 is 1.25 bits per heavy atom. The third-order valence-corrected chi connectivity index (χ3v) is 3.86. The maximum absolute atomic E-state index is 12.3. The molecule has 0 amide bonds. The SMILES string of the molecule is CCOC(=O)[C@H]1C[C@@]1(C(=O)OCC)c1ccccc1Cl. The zero-order valence-corrected chi connectivity index (χ0v) is 12.3. The number of carbonyl (C=O) groups is 2. The molecule has 1 aliphatic carbocycles. The van der Waals surface area contributed by atoms with E-state index in [4.69, 9.17) is 21.1 Å². The molecular weight excluding hydrogens is 280 g/mol. The number of hydrogen-bond acceptors (Lipinski definition) is 4. The summed E-state index contributed by atoms with van der Waals surface area (Å²) in [5.41, 5.74) is -0.348. The van der Waals surface area contributed by atoms with Crippen LogP contribution in [0.2, 0.25) is 5.02 Å². The molecule has 0 N–H and O–H groups in total. The van der Waals surface area contributed by atoms with Gasteiger partial charge >= 0.3 is 11.9 Å². The van der Waals surface area contributed by atoms with Crippen LogP contribution in [0.25, 0.3) is 0 Å². The summed E-state index contributed by atoms with van der Waals surface area (Å²) in [6.07, 6.45) is 0.383. The summed E-state index contributed by atoms with van der Waals surface area (Å²) in [6.45, 7) is 4.03. The average molecular weight is 297 g/mol. The monoisotopic (exact) mass is 296 g/mol. The summed E-state index contributed by atoms with van der Waals surface area (Å²) in [7, 11) is 0. The summed E-state index contributed by atoms with van der Waals surface area (Å²) in [6, 6.07) is 7.05. The highest BCUT2D eigenvalue weighted by molar-refractivity contribution is 6.32. The van der Waals surface area contributed by atoms with Gasteiger partial charge in [0.2, 0.25) is 0 Å². The molecule has 0 bridgehead atoms. The van der Waals surface area contributed by atoms with Crippen molar-refractivity contribution in [1.82, 2.24) is 0 Å². The maximum Gasteiger partial charge on any atom is 0.317 e. The van der Waals surface area contributed by atoms with E-state index in [0.717, 1.165) is 0 Å². The first-order valence-electron chi connectivity index (χ1n) is 6.66. The van der Waals surface area contributed by atoms with Crippen LogP contribution in [0.15, 0.2) is 24.3 Å². The molecule has 1 aromatic carbocycles. The first kappa shape index (κ1) is 14.9. The van der Waals surface area contributed by atoms with Crippen molar-refractivity contribution in [3.63, 3.8) is 0 Å². The second-order valence-electron chi connectivity index (χ2n) is 4.68. The van der Waals surface area contributed by atoms with Crippen molar-refractivity contribution in [2.45, 2.75) is 25.7 Å². The molecular formula is C15H17ClO4. The Kier molecular flexibility index (Phi) is 4.33. The molecule has 0 radical (unpaired) electrons. The Labute approximate surface area is 123 Å². The molecule has 0 heterocycles. The number of ether oxygens (including phenoxy) is 2. The van der Waals surface area contributed by atoms with Gasteiger partial charge < -0.3 is 9.47 Å². The van der Waals surface area contributed by atoms with Crippen LogP contribution in [0.3, 0.4) is 0 Å². The topological polar surface area (TPSA) is 52.6 Å². The van der Waals surface area contributed by atoms with Crippen LogP contribution in [0.4, 0.5) is 0 Å². The van der Waals surface area contributed by atoms with Gasteiger partial charge in [0.15, 0.2) is 0 Å². The minimum absolute atomic E-state index is 0.264. The molecule has 0 aromatic heterocycles. The maximum atomic E-state index is 12.3. The smallest absolute Gasteiger partial charge is 0.317 e. The van der Waals surface area contributed by atoms with Crippen molar-refractivity contribution in [2.24, 2.45) is 5.92 Å². The minimum Gasteiger partial charge on any atom is -0.466 e. The zero-order valence-electron chi connectivity index (χ0n) is 11.5. The normalized spacial score (nSPS) is 24.1.